The van der Waals surface area contributed by atoms with E-state index in [1.165, 1.54) is 0 Å². The lowest BCUT2D eigenvalue weighted by molar-refractivity contribution is 0.196. The van der Waals surface area contributed by atoms with E-state index in [1.807, 2.05) is 0 Å². The van der Waals surface area contributed by atoms with Gasteiger partial charge in [0, 0.05) is 26.2 Å². The molecule has 0 amide bonds. The van der Waals surface area contributed by atoms with Gasteiger partial charge in [-0.15, -0.1) is 0 Å². The number of nitrogens with zero attached hydrogens (tertiary/aromatic N) is 4. The first-order valence-corrected chi connectivity index (χ1v) is 8.73. The number of aryl methyl sites for hydroxylation is 1. The van der Waals surface area contributed by atoms with Crippen molar-refractivity contribution in [3.8, 4) is 0 Å². The number of aliphatic hydroxyl groups is 1. The van der Waals surface area contributed by atoms with Crippen LogP contribution in [0.25, 0.3) is 0 Å². The predicted molar refractivity (Wildman–Crippen MR) is 79.7 cm³/mol. The standard InChI is InChI=1S/C13H24N4O3S/c1-4-15-5-7-16(8-6-15)21(19,20)13-11(2)14-17(9-10-18)12(13)3/h18H,4-10H2,1-3H3. The topological polar surface area (TPSA) is 78.7 Å². The average Bonchev–Trinajstić information content (AvgIpc) is 2.74. The van der Waals surface area contributed by atoms with Gasteiger partial charge in [-0.3, -0.25) is 4.68 Å². The van der Waals surface area contributed by atoms with Gasteiger partial charge in [0.25, 0.3) is 0 Å². The van der Waals surface area contributed by atoms with Crippen molar-refractivity contribution >= 4 is 10.0 Å². The third-order valence-corrected chi connectivity index (χ3v) is 6.15. The van der Waals surface area contributed by atoms with Gasteiger partial charge in [-0.2, -0.15) is 9.40 Å². The summed E-state index contributed by atoms with van der Waals surface area (Å²) in [4.78, 5) is 2.53. The minimum atomic E-state index is -3.51. The summed E-state index contributed by atoms with van der Waals surface area (Å²) in [5.74, 6) is 0. The largest absolute Gasteiger partial charge is 0.394 e. The zero-order chi connectivity index (χ0) is 15.6. The molecule has 0 saturated carbocycles. The van der Waals surface area contributed by atoms with Gasteiger partial charge in [0.15, 0.2) is 0 Å². The fraction of sp³-hybridized carbons (Fsp3) is 0.769. The molecule has 2 heterocycles. The van der Waals surface area contributed by atoms with E-state index in [2.05, 4.69) is 16.9 Å². The number of hydrogen-bond donors (Lipinski definition) is 1. The molecular formula is C13H24N4O3S. The molecule has 0 spiro atoms. The van der Waals surface area contributed by atoms with Crippen molar-refractivity contribution in [1.29, 1.82) is 0 Å². The van der Waals surface area contributed by atoms with Crippen LogP contribution in [0.2, 0.25) is 0 Å². The van der Waals surface area contributed by atoms with E-state index in [9.17, 15) is 8.42 Å². The smallest absolute Gasteiger partial charge is 0.246 e. The highest BCUT2D eigenvalue weighted by Crippen LogP contribution is 2.24. The minimum Gasteiger partial charge on any atom is -0.394 e. The van der Waals surface area contributed by atoms with Crippen molar-refractivity contribution in [2.45, 2.75) is 32.2 Å². The molecule has 1 fully saturated rings. The first kappa shape index (κ1) is 16.4. The summed E-state index contributed by atoms with van der Waals surface area (Å²) in [5, 5.41) is 13.3. The number of likely N-dealkylation sites (N-methyl/N-ethyl adjacent to an activating group) is 1. The molecule has 0 aromatic carbocycles. The van der Waals surface area contributed by atoms with Crippen LogP contribution in [0.4, 0.5) is 0 Å². The van der Waals surface area contributed by atoms with Crippen LogP contribution in [0, 0.1) is 13.8 Å². The summed E-state index contributed by atoms with van der Waals surface area (Å²) in [6.07, 6.45) is 0. The van der Waals surface area contributed by atoms with Gasteiger partial charge >= 0.3 is 0 Å². The highest BCUT2D eigenvalue weighted by molar-refractivity contribution is 7.89. The lowest BCUT2D eigenvalue weighted by Gasteiger charge is -2.33. The zero-order valence-corrected chi connectivity index (χ0v) is 13.7. The maximum absolute atomic E-state index is 12.8. The highest BCUT2D eigenvalue weighted by atomic mass is 32.2. The van der Waals surface area contributed by atoms with Crippen molar-refractivity contribution < 1.29 is 13.5 Å². The van der Waals surface area contributed by atoms with E-state index in [-0.39, 0.29) is 6.61 Å². The third kappa shape index (κ3) is 3.13. The molecule has 0 radical (unpaired) electrons. The summed E-state index contributed by atoms with van der Waals surface area (Å²) < 4.78 is 28.8. The van der Waals surface area contributed by atoms with Crippen molar-refractivity contribution in [3.05, 3.63) is 11.4 Å². The Kier molecular flexibility index (Phi) is 5.03. The van der Waals surface area contributed by atoms with Gasteiger partial charge in [-0.25, -0.2) is 8.42 Å². The Morgan fingerprint density at radius 2 is 1.81 bits per heavy atom. The molecule has 1 aromatic heterocycles. The number of rotatable bonds is 5. The van der Waals surface area contributed by atoms with Gasteiger partial charge < -0.3 is 10.0 Å². The number of sulfonamides is 1. The quantitative estimate of drug-likeness (QED) is 0.815. The summed E-state index contributed by atoms with van der Waals surface area (Å²) in [6.45, 7) is 9.28. The predicted octanol–water partition coefficient (Wildman–Crippen LogP) is -0.182. The number of piperazine rings is 1. The van der Waals surface area contributed by atoms with Crippen LogP contribution < -0.4 is 0 Å². The maximum Gasteiger partial charge on any atom is 0.246 e. The third-order valence-electron chi connectivity index (χ3n) is 4.00. The van der Waals surface area contributed by atoms with Gasteiger partial charge in [0.05, 0.1) is 24.5 Å². The van der Waals surface area contributed by atoms with Crippen molar-refractivity contribution in [2.24, 2.45) is 0 Å². The molecule has 1 saturated heterocycles. The second kappa shape index (κ2) is 6.43. The van der Waals surface area contributed by atoms with Crippen LogP contribution in [0.15, 0.2) is 4.90 Å². The Labute approximate surface area is 126 Å². The van der Waals surface area contributed by atoms with E-state index < -0.39 is 10.0 Å². The Balaban J connectivity index is 2.28. The van der Waals surface area contributed by atoms with Crippen LogP contribution >= 0.6 is 0 Å². The second-order valence-electron chi connectivity index (χ2n) is 5.29. The summed E-state index contributed by atoms with van der Waals surface area (Å²) >= 11 is 0. The van der Waals surface area contributed by atoms with Crippen molar-refractivity contribution in [1.82, 2.24) is 19.0 Å². The molecule has 0 unspecified atom stereocenters. The lowest BCUT2D eigenvalue weighted by Crippen LogP contribution is -2.48. The Hall–Kier alpha value is -0.960. The van der Waals surface area contributed by atoms with Crippen molar-refractivity contribution in [3.63, 3.8) is 0 Å². The van der Waals surface area contributed by atoms with Crippen molar-refractivity contribution in [2.75, 3.05) is 39.3 Å². The average molecular weight is 316 g/mol. The van der Waals surface area contributed by atoms with Gasteiger partial charge in [0.2, 0.25) is 10.0 Å². The van der Waals surface area contributed by atoms with Crippen LogP contribution in [0.5, 0.6) is 0 Å². The maximum atomic E-state index is 12.8. The first-order chi connectivity index (χ1) is 9.91. The highest BCUT2D eigenvalue weighted by Gasteiger charge is 2.32. The Bertz CT molecular complexity index is 589. The molecule has 120 valence electrons. The fourth-order valence-electron chi connectivity index (χ4n) is 2.78. The summed E-state index contributed by atoms with van der Waals surface area (Å²) in [6, 6.07) is 0. The number of hydrogen-bond acceptors (Lipinski definition) is 5. The molecule has 21 heavy (non-hydrogen) atoms. The molecule has 8 heteroatoms. The fourth-order valence-corrected chi connectivity index (χ4v) is 4.58. The molecule has 0 aliphatic carbocycles. The van der Waals surface area contributed by atoms with Crippen LogP contribution in [0.3, 0.4) is 0 Å². The molecule has 1 aliphatic rings. The van der Waals surface area contributed by atoms with Crippen LogP contribution in [0.1, 0.15) is 18.3 Å². The summed E-state index contributed by atoms with van der Waals surface area (Å²) in [5.41, 5.74) is 1.10. The minimum absolute atomic E-state index is 0.0589. The molecule has 1 N–H and O–H groups in total. The lowest BCUT2D eigenvalue weighted by atomic mass is 10.4. The molecule has 1 aromatic rings. The van der Waals surface area contributed by atoms with Gasteiger partial charge in [-0.05, 0) is 20.4 Å². The van der Waals surface area contributed by atoms with E-state index >= 15 is 0 Å². The molecule has 1 aliphatic heterocycles. The molecule has 2 rings (SSSR count). The van der Waals surface area contributed by atoms with E-state index in [0.29, 0.717) is 35.9 Å². The Morgan fingerprint density at radius 1 is 1.19 bits per heavy atom. The Morgan fingerprint density at radius 3 is 2.33 bits per heavy atom. The number of aromatic nitrogens is 2. The second-order valence-corrected chi connectivity index (χ2v) is 7.16. The molecule has 0 atom stereocenters. The van der Waals surface area contributed by atoms with Gasteiger partial charge in [-0.1, -0.05) is 6.92 Å². The van der Waals surface area contributed by atoms with Crippen LogP contribution in [-0.2, 0) is 16.6 Å². The summed E-state index contributed by atoms with van der Waals surface area (Å²) in [7, 11) is -3.51. The van der Waals surface area contributed by atoms with Gasteiger partial charge in [0.1, 0.15) is 4.90 Å². The SMILES string of the molecule is CCN1CCN(S(=O)(=O)c2c(C)nn(CCO)c2C)CC1. The monoisotopic (exact) mass is 316 g/mol. The normalized spacial score (nSPS) is 18.3. The van der Waals surface area contributed by atoms with E-state index in [1.54, 1.807) is 22.8 Å². The molecule has 0 bridgehead atoms. The van der Waals surface area contributed by atoms with Crippen LogP contribution in [-0.4, -0.2) is 71.8 Å². The number of aliphatic hydroxyl groups excluding tert-OH is 1. The van der Waals surface area contributed by atoms with E-state index in [0.717, 1.165) is 19.6 Å². The first-order valence-electron chi connectivity index (χ1n) is 7.29. The zero-order valence-electron chi connectivity index (χ0n) is 12.9. The van der Waals surface area contributed by atoms with E-state index in [4.69, 9.17) is 5.11 Å². The molecule has 7 nitrogen and oxygen atoms in total. The molecular weight excluding hydrogens is 292 g/mol.